The molecule has 10 heteroatoms. The molecule has 0 aliphatic carbocycles. The molecule has 25 heavy (non-hydrogen) atoms. The van der Waals surface area contributed by atoms with Crippen molar-refractivity contribution in [1.29, 1.82) is 0 Å². The van der Waals surface area contributed by atoms with Gasteiger partial charge >= 0.3 is 0 Å². The van der Waals surface area contributed by atoms with Crippen LogP contribution in [0.1, 0.15) is 20.1 Å². The van der Waals surface area contributed by atoms with Crippen molar-refractivity contribution in [2.24, 2.45) is 0 Å². The molecule has 4 rings (SSSR count). The number of hydrogen-bond acceptors (Lipinski definition) is 9. The van der Waals surface area contributed by atoms with E-state index in [0.29, 0.717) is 30.1 Å². The van der Waals surface area contributed by atoms with Crippen LogP contribution in [-0.2, 0) is 14.2 Å². The third kappa shape index (κ3) is 2.85. The number of ether oxygens (including phenoxy) is 3. The summed E-state index contributed by atoms with van der Waals surface area (Å²) < 4.78 is 20.1. The van der Waals surface area contributed by atoms with Gasteiger partial charge in [0.1, 0.15) is 30.2 Å². The maximum absolute atomic E-state index is 8.96. The molecule has 0 radical (unpaired) electrons. The van der Waals surface area contributed by atoms with Gasteiger partial charge in [-0.15, -0.1) is 0 Å². The first-order valence-electron chi connectivity index (χ1n) is 8.26. The van der Waals surface area contributed by atoms with Gasteiger partial charge < -0.3 is 30.4 Å². The number of nitrogens with two attached hydrogens (primary N) is 1. The Balaban J connectivity index is 1.65. The van der Waals surface area contributed by atoms with Gasteiger partial charge in [0, 0.05) is 13.1 Å². The molecule has 4 heterocycles. The molecule has 2 saturated heterocycles. The van der Waals surface area contributed by atoms with Gasteiger partial charge in [-0.3, -0.25) is 4.57 Å². The Labute approximate surface area is 144 Å². The lowest BCUT2D eigenvalue weighted by molar-refractivity contribution is -0.195. The predicted molar refractivity (Wildman–Crippen MR) is 87.4 cm³/mol. The molecule has 0 spiro atoms. The van der Waals surface area contributed by atoms with Gasteiger partial charge in [-0.2, -0.15) is 0 Å². The molecule has 2 fully saturated rings. The van der Waals surface area contributed by atoms with E-state index in [1.165, 1.54) is 6.33 Å². The van der Waals surface area contributed by atoms with E-state index < -0.39 is 12.0 Å². The zero-order valence-corrected chi connectivity index (χ0v) is 14.1. The predicted octanol–water partition coefficient (Wildman–Crippen LogP) is -0.592. The second-order valence-corrected chi connectivity index (χ2v) is 6.64. The highest BCUT2D eigenvalue weighted by molar-refractivity contribution is 5.81. The third-order valence-corrected chi connectivity index (χ3v) is 4.42. The zero-order chi connectivity index (χ0) is 17.6. The molecule has 0 amide bonds. The number of nitrogens with one attached hydrogen (secondary N) is 1. The van der Waals surface area contributed by atoms with Crippen LogP contribution in [0.25, 0.3) is 11.2 Å². The number of nitrogens with zero attached hydrogens (tertiary/aromatic N) is 4. The van der Waals surface area contributed by atoms with Crippen molar-refractivity contribution >= 4 is 17.0 Å². The molecule has 2 aliphatic heterocycles. The normalized spacial score (nSPS) is 30.8. The maximum Gasteiger partial charge on any atom is 0.167 e. The Morgan fingerprint density at radius 1 is 1.28 bits per heavy atom. The first kappa shape index (κ1) is 16.6. The minimum absolute atomic E-state index is 0.0649. The Hall–Kier alpha value is -1.85. The summed E-state index contributed by atoms with van der Waals surface area (Å²) in [7, 11) is 0. The Bertz CT molecular complexity index is 766. The van der Waals surface area contributed by atoms with Crippen LogP contribution >= 0.6 is 0 Å². The lowest BCUT2D eigenvalue weighted by atomic mass is 10.1. The molecule has 2 aromatic heterocycles. The highest BCUT2D eigenvalue weighted by Crippen LogP contribution is 2.43. The van der Waals surface area contributed by atoms with Gasteiger partial charge in [0.25, 0.3) is 0 Å². The van der Waals surface area contributed by atoms with Crippen LogP contribution in [0.3, 0.4) is 0 Å². The summed E-state index contributed by atoms with van der Waals surface area (Å²) in [6.07, 6.45) is 1.84. The second-order valence-electron chi connectivity index (χ2n) is 6.64. The number of nitrogen functional groups attached to an aromatic ring is 1. The average Bonchev–Trinajstić information content (AvgIpc) is 3.20. The van der Waals surface area contributed by atoms with Crippen molar-refractivity contribution in [3.8, 4) is 0 Å². The fourth-order valence-corrected chi connectivity index (χ4v) is 3.43. The number of rotatable bonds is 5. The van der Waals surface area contributed by atoms with Gasteiger partial charge in [-0.25, -0.2) is 15.0 Å². The largest absolute Gasteiger partial charge is 0.395 e. The van der Waals surface area contributed by atoms with E-state index >= 15 is 0 Å². The Morgan fingerprint density at radius 3 is 2.88 bits per heavy atom. The standard InChI is InChI=1S/C15H22N6O4/c1-15(2)24-10-8(5-17-3-4-22)23-14(11(10)25-15)21-7-20-9-12(16)18-6-19-13(9)21/h6-8,10-11,14,17,22H,3-5H2,1-2H3,(H2,16,18,19)/t8-,10-,11-,14-/m1/s1. The summed E-state index contributed by atoms with van der Waals surface area (Å²) in [5.74, 6) is -0.375. The van der Waals surface area contributed by atoms with Gasteiger partial charge in [-0.1, -0.05) is 0 Å². The van der Waals surface area contributed by atoms with Crippen LogP contribution in [0, 0.1) is 0 Å². The van der Waals surface area contributed by atoms with Crippen LogP contribution in [-0.4, -0.2) is 68.4 Å². The lowest BCUT2D eigenvalue weighted by Crippen LogP contribution is -2.38. The van der Waals surface area contributed by atoms with Crippen molar-refractivity contribution in [2.75, 3.05) is 25.4 Å². The Kier molecular flexibility index (Phi) is 4.08. The first-order chi connectivity index (χ1) is 12.0. The van der Waals surface area contributed by atoms with Crippen LogP contribution < -0.4 is 11.1 Å². The molecule has 0 saturated carbocycles. The summed E-state index contributed by atoms with van der Waals surface area (Å²) in [5, 5.41) is 12.1. The Morgan fingerprint density at radius 2 is 2.08 bits per heavy atom. The molecule has 4 atom stereocenters. The quantitative estimate of drug-likeness (QED) is 0.606. The molecule has 0 unspecified atom stereocenters. The number of aliphatic hydroxyl groups is 1. The number of hydrogen-bond donors (Lipinski definition) is 3. The minimum atomic E-state index is -0.697. The summed E-state index contributed by atoms with van der Waals surface area (Å²) in [4.78, 5) is 12.5. The average molecular weight is 350 g/mol. The number of aromatic nitrogens is 4. The van der Waals surface area contributed by atoms with E-state index in [1.54, 1.807) is 6.33 Å². The molecule has 4 N–H and O–H groups in total. The van der Waals surface area contributed by atoms with Crippen molar-refractivity contribution in [3.05, 3.63) is 12.7 Å². The summed E-state index contributed by atoms with van der Waals surface area (Å²) >= 11 is 0. The lowest BCUT2D eigenvalue weighted by Gasteiger charge is -2.24. The van der Waals surface area contributed by atoms with Crippen molar-refractivity contribution in [2.45, 2.75) is 44.2 Å². The number of fused-ring (bicyclic) bond motifs is 2. The van der Waals surface area contributed by atoms with Gasteiger partial charge in [0.05, 0.1) is 12.9 Å². The van der Waals surface area contributed by atoms with Crippen LogP contribution in [0.2, 0.25) is 0 Å². The molecular formula is C15H22N6O4. The summed E-state index contributed by atoms with van der Waals surface area (Å²) in [6.45, 7) is 4.86. The summed E-state index contributed by atoms with van der Waals surface area (Å²) in [5.41, 5.74) is 6.99. The van der Waals surface area contributed by atoms with E-state index in [0.717, 1.165) is 0 Å². The maximum atomic E-state index is 8.96. The van der Waals surface area contributed by atoms with Crippen LogP contribution in [0.4, 0.5) is 5.82 Å². The number of aliphatic hydroxyl groups excluding tert-OH is 1. The summed E-state index contributed by atoms with van der Waals surface area (Å²) in [6, 6.07) is 0. The molecule has 0 aromatic carbocycles. The van der Waals surface area contributed by atoms with E-state index in [1.807, 2.05) is 18.4 Å². The first-order valence-corrected chi connectivity index (χ1v) is 8.26. The van der Waals surface area contributed by atoms with E-state index in [4.69, 9.17) is 25.1 Å². The van der Waals surface area contributed by atoms with Gasteiger partial charge in [0.2, 0.25) is 0 Å². The highest BCUT2D eigenvalue weighted by Gasteiger charge is 2.55. The molecule has 2 aliphatic rings. The number of anilines is 1. The van der Waals surface area contributed by atoms with Crippen LogP contribution in [0.5, 0.6) is 0 Å². The van der Waals surface area contributed by atoms with Gasteiger partial charge in [-0.05, 0) is 13.8 Å². The van der Waals surface area contributed by atoms with Gasteiger partial charge in [0.15, 0.2) is 23.5 Å². The smallest absolute Gasteiger partial charge is 0.167 e. The zero-order valence-electron chi connectivity index (χ0n) is 14.1. The van der Waals surface area contributed by atoms with E-state index in [9.17, 15) is 0 Å². The van der Waals surface area contributed by atoms with Crippen molar-refractivity contribution in [1.82, 2.24) is 24.8 Å². The fraction of sp³-hybridized carbons (Fsp3) is 0.667. The molecule has 0 bridgehead atoms. The second kappa shape index (κ2) is 6.15. The monoisotopic (exact) mass is 350 g/mol. The van der Waals surface area contributed by atoms with Crippen molar-refractivity contribution in [3.63, 3.8) is 0 Å². The molecule has 136 valence electrons. The molecule has 2 aromatic rings. The topological polar surface area (TPSA) is 130 Å². The van der Waals surface area contributed by atoms with E-state index in [2.05, 4.69) is 20.3 Å². The minimum Gasteiger partial charge on any atom is -0.395 e. The highest BCUT2D eigenvalue weighted by atomic mass is 16.8. The molecule has 10 nitrogen and oxygen atoms in total. The fourth-order valence-electron chi connectivity index (χ4n) is 3.43. The van der Waals surface area contributed by atoms with Crippen LogP contribution in [0.15, 0.2) is 12.7 Å². The third-order valence-electron chi connectivity index (χ3n) is 4.42. The number of imidazole rings is 1. The SMILES string of the molecule is CC1(C)O[C@@H]2[C@H](O1)[C@@H](CNCCO)O[C@H]2n1cnc2c(N)ncnc21. The van der Waals surface area contributed by atoms with E-state index in [-0.39, 0.29) is 24.9 Å². The van der Waals surface area contributed by atoms with Crippen molar-refractivity contribution < 1.29 is 19.3 Å². The molecular weight excluding hydrogens is 328 g/mol.